The number of aromatic nitrogens is 4. The lowest BCUT2D eigenvalue weighted by molar-refractivity contribution is 0.414. The highest BCUT2D eigenvalue weighted by Gasteiger charge is 2.14. The number of hydrogen-bond acceptors (Lipinski definition) is 6. The molecule has 4 rings (SSSR count). The summed E-state index contributed by atoms with van der Waals surface area (Å²) in [6.45, 7) is 0. The molecule has 2 heterocycles. The predicted octanol–water partition coefficient (Wildman–Crippen LogP) is 3.08. The molecule has 0 aliphatic carbocycles. The Bertz CT molecular complexity index is 1060. The van der Waals surface area contributed by atoms with Gasteiger partial charge in [-0.2, -0.15) is 10.1 Å². The van der Waals surface area contributed by atoms with E-state index in [1.165, 1.54) is 0 Å². The Morgan fingerprint density at radius 1 is 0.846 bits per heavy atom. The van der Waals surface area contributed by atoms with Crippen LogP contribution in [0.1, 0.15) is 0 Å². The summed E-state index contributed by atoms with van der Waals surface area (Å²) in [6.07, 6.45) is 1.75. The number of hydrogen-bond donors (Lipinski definition) is 1. The van der Waals surface area contributed by atoms with Gasteiger partial charge in [-0.25, -0.2) is 9.67 Å². The van der Waals surface area contributed by atoms with E-state index in [9.17, 15) is 0 Å². The molecule has 0 saturated heterocycles. The van der Waals surface area contributed by atoms with Gasteiger partial charge in [0.05, 0.1) is 37.2 Å². The van der Waals surface area contributed by atoms with Gasteiger partial charge in [0.15, 0.2) is 5.65 Å². The maximum Gasteiger partial charge on any atom is 0.222 e. The fourth-order valence-electron chi connectivity index (χ4n) is 2.81. The first-order valence-electron chi connectivity index (χ1n) is 7.99. The van der Waals surface area contributed by atoms with Crippen LogP contribution >= 0.6 is 0 Å². The molecular weight excluding hydrogens is 330 g/mol. The van der Waals surface area contributed by atoms with E-state index in [1.807, 2.05) is 48.5 Å². The molecule has 26 heavy (non-hydrogen) atoms. The van der Waals surface area contributed by atoms with Crippen molar-refractivity contribution in [1.29, 1.82) is 0 Å². The van der Waals surface area contributed by atoms with Gasteiger partial charge in [0.2, 0.25) is 5.95 Å². The average Bonchev–Trinajstić information content (AvgIpc) is 3.11. The molecule has 0 spiro atoms. The van der Waals surface area contributed by atoms with E-state index in [-0.39, 0.29) is 5.95 Å². The summed E-state index contributed by atoms with van der Waals surface area (Å²) in [4.78, 5) is 8.80. The van der Waals surface area contributed by atoms with Crippen molar-refractivity contribution in [1.82, 2.24) is 19.7 Å². The Kier molecular flexibility index (Phi) is 3.89. The Morgan fingerprint density at radius 3 is 2.08 bits per heavy atom. The second-order valence-corrected chi connectivity index (χ2v) is 5.65. The lowest BCUT2D eigenvalue weighted by Crippen LogP contribution is -2.02. The third-order valence-electron chi connectivity index (χ3n) is 4.13. The number of benzene rings is 2. The Balaban J connectivity index is 1.86. The van der Waals surface area contributed by atoms with Gasteiger partial charge in [-0.05, 0) is 48.5 Å². The topological polar surface area (TPSA) is 88.1 Å². The largest absolute Gasteiger partial charge is 0.497 e. The third kappa shape index (κ3) is 2.69. The monoisotopic (exact) mass is 347 g/mol. The number of nitrogen functional groups attached to an aromatic ring is 1. The summed E-state index contributed by atoms with van der Waals surface area (Å²) in [5.74, 6) is 1.75. The van der Waals surface area contributed by atoms with Crippen molar-refractivity contribution in [2.75, 3.05) is 20.0 Å². The van der Waals surface area contributed by atoms with Gasteiger partial charge in [-0.15, -0.1) is 0 Å². The van der Waals surface area contributed by atoms with Crippen LogP contribution in [-0.2, 0) is 0 Å². The Morgan fingerprint density at radius 2 is 1.46 bits per heavy atom. The Labute approximate surface area is 150 Å². The van der Waals surface area contributed by atoms with Gasteiger partial charge in [0.25, 0.3) is 0 Å². The van der Waals surface area contributed by atoms with Gasteiger partial charge in [-0.1, -0.05) is 0 Å². The summed E-state index contributed by atoms with van der Waals surface area (Å²) >= 11 is 0. The summed E-state index contributed by atoms with van der Waals surface area (Å²) in [7, 11) is 3.27. The van der Waals surface area contributed by atoms with Crippen molar-refractivity contribution < 1.29 is 9.47 Å². The molecule has 130 valence electrons. The molecule has 0 atom stereocenters. The number of anilines is 1. The van der Waals surface area contributed by atoms with Gasteiger partial charge in [0.1, 0.15) is 11.5 Å². The summed E-state index contributed by atoms with van der Waals surface area (Å²) in [5.41, 5.74) is 9.12. The van der Waals surface area contributed by atoms with Crippen LogP contribution in [-0.4, -0.2) is 34.0 Å². The smallest absolute Gasteiger partial charge is 0.222 e. The summed E-state index contributed by atoms with van der Waals surface area (Å²) in [6, 6.07) is 15.2. The average molecular weight is 347 g/mol. The molecule has 2 aromatic heterocycles. The fraction of sp³-hybridized carbons (Fsp3) is 0.105. The number of ether oxygens (including phenoxy) is 2. The standard InChI is InChI=1S/C19H17N5O2/c1-25-14-7-3-12(4-8-14)17-16-11-21-24(18(16)23-19(20)22-17)13-5-9-15(26-2)10-6-13/h3-11H,1-2H3,(H2,20,22,23). The molecule has 7 heteroatoms. The second-order valence-electron chi connectivity index (χ2n) is 5.65. The van der Waals surface area contributed by atoms with Crippen LogP contribution in [0.4, 0.5) is 5.95 Å². The van der Waals surface area contributed by atoms with E-state index >= 15 is 0 Å². The minimum Gasteiger partial charge on any atom is -0.497 e. The molecule has 7 nitrogen and oxygen atoms in total. The normalized spacial score (nSPS) is 10.8. The zero-order valence-electron chi connectivity index (χ0n) is 14.4. The van der Waals surface area contributed by atoms with Crippen molar-refractivity contribution in [2.24, 2.45) is 0 Å². The first-order chi connectivity index (χ1) is 12.7. The summed E-state index contributed by atoms with van der Waals surface area (Å²) < 4.78 is 12.2. The first-order valence-corrected chi connectivity index (χ1v) is 7.99. The van der Waals surface area contributed by atoms with Crippen LogP contribution in [0.15, 0.2) is 54.7 Å². The van der Waals surface area contributed by atoms with Gasteiger partial charge < -0.3 is 15.2 Å². The van der Waals surface area contributed by atoms with Crippen LogP contribution in [0.5, 0.6) is 11.5 Å². The van der Waals surface area contributed by atoms with E-state index in [1.54, 1.807) is 25.1 Å². The van der Waals surface area contributed by atoms with Crippen molar-refractivity contribution >= 4 is 17.0 Å². The molecule has 4 aromatic rings. The van der Waals surface area contributed by atoms with E-state index in [0.717, 1.165) is 33.8 Å². The van der Waals surface area contributed by atoms with Gasteiger partial charge >= 0.3 is 0 Å². The molecule has 0 saturated carbocycles. The molecule has 0 amide bonds. The Hall–Kier alpha value is -3.61. The number of nitrogens with zero attached hydrogens (tertiary/aromatic N) is 4. The molecule has 0 unspecified atom stereocenters. The number of fused-ring (bicyclic) bond motifs is 1. The van der Waals surface area contributed by atoms with Crippen LogP contribution in [0.25, 0.3) is 28.0 Å². The molecular formula is C19H17N5O2. The lowest BCUT2D eigenvalue weighted by atomic mass is 10.1. The van der Waals surface area contributed by atoms with Crippen molar-refractivity contribution in [2.45, 2.75) is 0 Å². The SMILES string of the molecule is COc1ccc(-c2nc(N)nc3c2cnn3-c2ccc(OC)cc2)cc1. The van der Waals surface area contributed by atoms with Gasteiger partial charge in [-0.3, -0.25) is 0 Å². The highest BCUT2D eigenvalue weighted by molar-refractivity contribution is 5.91. The quantitative estimate of drug-likeness (QED) is 0.610. The van der Waals surface area contributed by atoms with Crippen LogP contribution < -0.4 is 15.2 Å². The van der Waals surface area contributed by atoms with Crippen molar-refractivity contribution in [3.8, 4) is 28.4 Å². The van der Waals surface area contributed by atoms with Gasteiger partial charge in [0, 0.05) is 5.56 Å². The van der Waals surface area contributed by atoms with Crippen LogP contribution in [0.2, 0.25) is 0 Å². The highest BCUT2D eigenvalue weighted by atomic mass is 16.5. The minimum atomic E-state index is 0.193. The van der Waals surface area contributed by atoms with E-state index in [0.29, 0.717) is 5.65 Å². The minimum absolute atomic E-state index is 0.193. The van der Waals surface area contributed by atoms with E-state index in [2.05, 4.69) is 15.1 Å². The molecule has 0 bridgehead atoms. The zero-order valence-corrected chi connectivity index (χ0v) is 14.4. The molecule has 0 fully saturated rings. The molecule has 2 N–H and O–H groups in total. The molecule has 0 aliphatic heterocycles. The number of nitrogens with two attached hydrogens (primary N) is 1. The molecule has 2 aromatic carbocycles. The number of rotatable bonds is 4. The van der Waals surface area contributed by atoms with Crippen LogP contribution in [0.3, 0.4) is 0 Å². The maximum absolute atomic E-state index is 5.96. The highest BCUT2D eigenvalue weighted by Crippen LogP contribution is 2.29. The molecule has 0 radical (unpaired) electrons. The fourth-order valence-corrected chi connectivity index (χ4v) is 2.81. The van der Waals surface area contributed by atoms with E-state index < -0.39 is 0 Å². The lowest BCUT2D eigenvalue weighted by Gasteiger charge is -2.07. The first kappa shape index (κ1) is 15.9. The zero-order chi connectivity index (χ0) is 18.1. The van der Waals surface area contributed by atoms with E-state index in [4.69, 9.17) is 15.2 Å². The van der Waals surface area contributed by atoms with Crippen LogP contribution in [0, 0.1) is 0 Å². The summed E-state index contributed by atoms with van der Waals surface area (Å²) in [5, 5.41) is 5.29. The number of methoxy groups -OCH3 is 2. The molecule has 0 aliphatic rings. The van der Waals surface area contributed by atoms with Crippen molar-refractivity contribution in [3.05, 3.63) is 54.7 Å². The predicted molar refractivity (Wildman–Crippen MR) is 99.6 cm³/mol. The van der Waals surface area contributed by atoms with Crippen molar-refractivity contribution in [3.63, 3.8) is 0 Å². The second kappa shape index (κ2) is 6.36. The maximum atomic E-state index is 5.96. The third-order valence-corrected chi connectivity index (χ3v) is 4.13.